The van der Waals surface area contributed by atoms with Crippen LogP contribution in [-0.4, -0.2) is 27.6 Å². The lowest BCUT2D eigenvalue weighted by molar-refractivity contribution is 0.0942. The van der Waals surface area contributed by atoms with E-state index < -0.39 is 0 Å². The summed E-state index contributed by atoms with van der Waals surface area (Å²) in [5, 5.41) is 9.62. The molecule has 0 unspecified atom stereocenters. The monoisotopic (exact) mass is 236 g/mol. The summed E-state index contributed by atoms with van der Waals surface area (Å²) in [5.41, 5.74) is 0. The van der Waals surface area contributed by atoms with E-state index >= 15 is 0 Å². The van der Waals surface area contributed by atoms with Gasteiger partial charge in [0.2, 0.25) is 5.82 Å². The average molecular weight is 236 g/mol. The summed E-state index contributed by atoms with van der Waals surface area (Å²) in [6, 6.07) is 0. The lowest BCUT2D eigenvalue weighted by atomic mass is 10.1. The van der Waals surface area contributed by atoms with Crippen molar-refractivity contribution in [3.8, 4) is 0 Å². The number of hydrogen-bond acceptors (Lipinski definition) is 3. The molecule has 17 heavy (non-hydrogen) atoms. The van der Waals surface area contributed by atoms with Crippen molar-refractivity contribution in [3.05, 3.63) is 11.6 Å². The van der Waals surface area contributed by atoms with Crippen molar-refractivity contribution in [2.24, 2.45) is 5.92 Å². The summed E-state index contributed by atoms with van der Waals surface area (Å²) in [6.07, 6.45) is 4.44. The highest BCUT2D eigenvalue weighted by molar-refractivity contribution is 5.90. The number of nitrogens with zero attached hydrogens (tertiary/aromatic N) is 2. The first-order valence-electron chi connectivity index (χ1n) is 6.37. The quantitative estimate of drug-likeness (QED) is 0.740. The Kier molecular flexibility index (Phi) is 3.76. The minimum absolute atomic E-state index is 0.170. The van der Waals surface area contributed by atoms with Gasteiger partial charge in [0.15, 0.2) is 0 Å². The van der Waals surface area contributed by atoms with Gasteiger partial charge in [-0.25, -0.2) is 4.98 Å². The van der Waals surface area contributed by atoms with Crippen LogP contribution >= 0.6 is 0 Å². The first kappa shape index (κ1) is 12.1. The van der Waals surface area contributed by atoms with Gasteiger partial charge in [-0.1, -0.05) is 13.8 Å². The molecule has 94 valence electrons. The van der Waals surface area contributed by atoms with Gasteiger partial charge in [0.1, 0.15) is 5.82 Å². The molecule has 0 spiro atoms. The van der Waals surface area contributed by atoms with Gasteiger partial charge in [-0.3, -0.25) is 9.89 Å². The number of carbonyl (C=O) groups is 1. The minimum Gasteiger partial charge on any atom is -0.349 e. The van der Waals surface area contributed by atoms with Crippen LogP contribution in [0.5, 0.6) is 0 Å². The number of aromatic amines is 1. The molecule has 1 aliphatic carbocycles. The SMILES string of the molecule is CC(C)CCCNC(=O)c1n[nH]c(C2CC2)n1. The van der Waals surface area contributed by atoms with Crippen molar-refractivity contribution in [3.63, 3.8) is 0 Å². The summed E-state index contributed by atoms with van der Waals surface area (Å²) in [5.74, 6) is 2.15. The molecule has 1 saturated carbocycles. The van der Waals surface area contributed by atoms with Gasteiger partial charge in [0, 0.05) is 12.5 Å². The maximum absolute atomic E-state index is 11.7. The molecule has 2 N–H and O–H groups in total. The third kappa shape index (κ3) is 3.54. The normalized spacial score (nSPS) is 15.2. The Labute approximate surface area is 101 Å². The molecular weight excluding hydrogens is 216 g/mol. The van der Waals surface area contributed by atoms with Crippen LogP contribution in [0.15, 0.2) is 0 Å². The molecule has 1 aliphatic rings. The van der Waals surface area contributed by atoms with E-state index in [4.69, 9.17) is 0 Å². The first-order valence-corrected chi connectivity index (χ1v) is 6.37. The van der Waals surface area contributed by atoms with Crippen LogP contribution in [0, 0.1) is 5.92 Å². The van der Waals surface area contributed by atoms with Crippen molar-refractivity contribution in [2.45, 2.75) is 45.4 Å². The predicted molar refractivity (Wildman–Crippen MR) is 64.8 cm³/mol. The molecule has 0 aromatic carbocycles. The van der Waals surface area contributed by atoms with Gasteiger partial charge in [-0.05, 0) is 31.6 Å². The number of H-pyrrole nitrogens is 1. The molecule has 1 amide bonds. The van der Waals surface area contributed by atoms with Crippen molar-refractivity contribution in [1.29, 1.82) is 0 Å². The van der Waals surface area contributed by atoms with E-state index in [0.717, 1.165) is 31.5 Å². The van der Waals surface area contributed by atoms with Crippen LogP contribution in [0.25, 0.3) is 0 Å². The Morgan fingerprint density at radius 3 is 2.94 bits per heavy atom. The Hall–Kier alpha value is -1.39. The second-order valence-corrected chi connectivity index (χ2v) is 5.11. The summed E-state index contributed by atoms with van der Waals surface area (Å²) < 4.78 is 0. The zero-order chi connectivity index (χ0) is 12.3. The zero-order valence-electron chi connectivity index (χ0n) is 10.5. The minimum atomic E-state index is -0.170. The lowest BCUT2D eigenvalue weighted by Gasteiger charge is -2.04. The van der Waals surface area contributed by atoms with Crippen LogP contribution in [0.3, 0.4) is 0 Å². The van der Waals surface area contributed by atoms with E-state index in [2.05, 4.69) is 34.3 Å². The Balaban J connectivity index is 1.74. The maximum atomic E-state index is 11.7. The third-order valence-electron chi connectivity index (χ3n) is 2.91. The Bertz CT molecular complexity index is 382. The molecule has 0 aliphatic heterocycles. The molecule has 1 aromatic rings. The Morgan fingerprint density at radius 2 is 2.29 bits per heavy atom. The van der Waals surface area contributed by atoms with Gasteiger partial charge in [0.05, 0.1) is 0 Å². The van der Waals surface area contributed by atoms with Crippen LogP contribution in [0.4, 0.5) is 0 Å². The maximum Gasteiger partial charge on any atom is 0.290 e. The molecule has 0 atom stereocenters. The smallest absolute Gasteiger partial charge is 0.290 e. The van der Waals surface area contributed by atoms with Crippen LogP contribution in [0.1, 0.15) is 61.9 Å². The number of aromatic nitrogens is 3. The first-order chi connectivity index (χ1) is 8.16. The summed E-state index contributed by atoms with van der Waals surface area (Å²) in [6.45, 7) is 5.06. The molecule has 0 bridgehead atoms. The van der Waals surface area contributed by atoms with E-state index in [-0.39, 0.29) is 11.7 Å². The predicted octanol–water partition coefficient (Wildman–Crippen LogP) is 1.85. The number of hydrogen-bond donors (Lipinski definition) is 2. The van der Waals surface area contributed by atoms with Crippen molar-refractivity contribution in [2.75, 3.05) is 6.54 Å². The molecule has 5 heteroatoms. The lowest BCUT2D eigenvalue weighted by Crippen LogP contribution is -2.25. The molecule has 0 saturated heterocycles. The number of nitrogens with one attached hydrogen (secondary N) is 2. The van der Waals surface area contributed by atoms with Crippen molar-refractivity contribution < 1.29 is 4.79 Å². The third-order valence-corrected chi connectivity index (χ3v) is 2.91. The van der Waals surface area contributed by atoms with Crippen molar-refractivity contribution in [1.82, 2.24) is 20.5 Å². The van der Waals surface area contributed by atoms with Gasteiger partial charge in [-0.2, -0.15) is 0 Å². The van der Waals surface area contributed by atoms with Crippen LogP contribution < -0.4 is 5.32 Å². The van der Waals surface area contributed by atoms with Gasteiger partial charge in [0.25, 0.3) is 5.91 Å². The molecular formula is C12H20N4O. The largest absolute Gasteiger partial charge is 0.349 e. The van der Waals surface area contributed by atoms with E-state index in [1.54, 1.807) is 0 Å². The van der Waals surface area contributed by atoms with Crippen molar-refractivity contribution >= 4 is 5.91 Å². The highest BCUT2D eigenvalue weighted by Crippen LogP contribution is 2.37. The average Bonchev–Trinajstić information content (AvgIpc) is 3.02. The molecule has 1 heterocycles. The van der Waals surface area contributed by atoms with E-state index in [9.17, 15) is 4.79 Å². The van der Waals surface area contributed by atoms with E-state index in [1.807, 2.05) is 0 Å². The molecule has 1 aromatic heterocycles. The summed E-state index contributed by atoms with van der Waals surface area (Å²) in [4.78, 5) is 15.9. The second kappa shape index (κ2) is 5.29. The fourth-order valence-electron chi connectivity index (χ4n) is 1.71. The van der Waals surface area contributed by atoms with E-state index in [1.165, 1.54) is 0 Å². The standard InChI is InChI=1S/C12H20N4O/c1-8(2)4-3-7-13-12(17)11-14-10(15-16-11)9-5-6-9/h8-9H,3-7H2,1-2H3,(H,13,17)(H,14,15,16). The van der Waals surface area contributed by atoms with Crippen LogP contribution in [0.2, 0.25) is 0 Å². The Morgan fingerprint density at radius 1 is 1.53 bits per heavy atom. The van der Waals surface area contributed by atoms with Gasteiger partial charge in [-0.15, -0.1) is 5.10 Å². The molecule has 5 nitrogen and oxygen atoms in total. The van der Waals surface area contributed by atoms with Crippen LogP contribution in [-0.2, 0) is 0 Å². The molecule has 0 radical (unpaired) electrons. The van der Waals surface area contributed by atoms with E-state index in [0.29, 0.717) is 18.4 Å². The van der Waals surface area contributed by atoms with Gasteiger partial charge < -0.3 is 5.32 Å². The highest BCUT2D eigenvalue weighted by Gasteiger charge is 2.28. The molecule has 2 rings (SSSR count). The molecule has 1 fully saturated rings. The fraction of sp³-hybridized carbons (Fsp3) is 0.750. The highest BCUT2D eigenvalue weighted by atomic mass is 16.2. The topological polar surface area (TPSA) is 70.7 Å². The number of amides is 1. The summed E-state index contributed by atoms with van der Waals surface area (Å²) >= 11 is 0. The van der Waals surface area contributed by atoms with Gasteiger partial charge >= 0.3 is 0 Å². The second-order valence-electron chi connectivity index (χ2n) is 5.11. The fourth-order valence-corrected chi connectivity index (χ4v) is 1.71. The number of carbonyl (C=O) groups excluding carboxylic acids is 1. The summed E-state index contributed by atoms with van der Waals surface area (Å²) in [7, 11) is 0. The zero-order valence-corrected chi connectivity index (χ0v) is 10.5. The number of rotatable bonds is 6.